The minimum atomic E-state index is -2.87. The highest BCUT2D eigenvalue weighted by Gasteiger charge is 2.47. The van der Waals surface area contributed by atoms with E-state index in [1.54, 1.807) is 0 Å². The molecule has 0 N–H and O–H groups in total. The van der Waals surface area contributed by atoms with Crippen LogP contribution in [0.5, 0.6) is 0 Å². The summed E-state index contributed by atoms with van der Waals surface area (Å²) in [5.74, 6) is -0.963. The molecule has 0 aromatic heterocycles. The predicted octanol–water partition coefficient (Wildman–Crippen LogP) is 4.04. The van der Waals surface area contributed by atoms with Gasteiger partial charge in [-0.1, -0.05) is 0 Å². The Balaban J connectivity index is 1.61. The van der Waals surface area contributed by atoms with E-state index in [9.17, 15) is 13.6 Å². The molecule has 2 saturated carbocycles. The lowest BCUT2D eigenvalue weighted by atomic mass is 9.60. The van der Waals surface area contributed by atoms with Gasteiger partial charge in [-0.2, -0.15) is 8.78 Å². The summed E-state index contributed by atoms with van der Waals surface area (Å²) in [6, 6.07) is 0. The third kappa shape index (κ3) is 5.08. The van der Waals surface area contributed by atoms with Crippen LogP contribution in [0.4, 0.5) is 8.78 Å². The van der Waals surface area contributed by atoms with Gasteiger partial charge in [0.15, 0.2) is 0 Å². The highest BCUT2D eigenvalue weighted by atomic mass is 32.2. The SMILES string of the molecule is C=N/C(CN1CC2CC(C1)C2CCC(=O)OCC)=C1/CCC(F)(F)C1=NCSC. The highest BCUT2D eigenvalue weighted by Crippen LogP contribution is 2.48. The summed E-state index contributed by atoms with van der Waals surface area (Å²) in [6.07, 6.45) is 4.52. The fraction of sp³-hybridized carbons (Fsp3) is 0.762. The number of ether oxygens (including phenoxy) is 1. The van der Waals surface area contributed by atoms with Crippen LogP contribution in [-0.4, -0.2) is 67.6 Å². The Labute approximate surface area is 176 Å². The quantitative estimate of drug-likeness (QED) is 0.412. The number of fused-ring (bicyclic) bond motifs is 2. The zero-order chi connectivity index (χ0) is 21.0. The zero-order valence-corrected chi connectivity index (χ0v) is 18.1. The number of rotatable bonds is 9. The molecule has 2 unspecified atom stereocenters. The van der Waals surface area contributed by atoms with Crippen LogP contribution in [0.25, 0.3) is 0 Å². The van der Waals surface area contributed by atoms with E-state index in [0.717, 1.165) is 19.5 Å². The van der Waals surface area contributed by atoms with Crippen LogP contribution in [0.2, 0.25) is 0 Å². The van der Waals surface area contributed by atoms with Gasteiger partial charge in [0.2, 0.25) is 0 Å². The lowest BCUT2D eigenvalue weighted by Crippen LogP contribution is -2.55. The Bertz CT molecular complexity index is 683. The van der Waals surface area contributed by atoms with E-state index in [1.807, 2.05) is 13.2 Å². The zero-order valence-electron chi connectivity index (χ0n) is 17.3. The summed E-state index contributed by atoms with van der Waals surface area (Å²) in [5.41, 5.74) is 1.13. The molecular weight excluding hydrogens is 396 g/mol. The number of thioether (sulfide) groups is 1. The third-order valence-electron chi connectivity index (χ3n) is 6.37. The van der Waals surface area contributed by atoms with E-state index in [-0.39, 0.29) is 18.1 Å². The summed E-state index contributed by atoms with van der Waals surface area (Å²) in [6.45, 7) is 8.29. The first-order valence-electron chi connectivity index (χ1n) is 10.4. The van der Waals surface area contributed by atoms with Crippen molar-refractivity contribution in [1.29, 1.82) is 0 Å². The average molecular weight is 428 g/mol. The monoisotopic (exact) mass is 427 g/mol. The summed E-state index contributed by atoms with van der Waals surface area (Å²) < 4.78 is 33.6. The maximum Gasteiger partial charge on any atom is 0.305 e. The van der Waals surface area contributed by atoms with Crippen molar-refractivity contribution in [3.63, 3.8) is 0 Å². The Morgan fingerprint density at radius 1 is 1.38 bits per heavy atom. The summed E-state index contributed by atoms with van der Waals surface area (Å²) in [4.78, 5) is 22.2. The molecule has 0 radical (unpaired) electrons. The maximum atomic E-state index is 14.3. The van der Waals surface area contributed by atoms with Crippen LogP contribution in [0, 0.1) is 17.8 Å². The van der Waals surface area contributed by atoms with Gasteiger partial charge in [-0.05, 0) is 56.9 Å². The lowest BCUT2D eigenvalue weighted by molar-refractivity contribution is -0.144. The second-order valence-electron chi connectivity index (χ2n) is 8.17. The second kappa shape index (κ2) is 9.69. The van der Waals surface area contributed by atoms with Gasteiger partial charge in [0.1, 0.15) is 5.71 Å². The molecule has 2 aliphatic heterocycles. The fourth-order valence-electron chi connectivity index (χ4n) is 5.02. The first-order chi connectivity index (χ1) is 13.9. The number of carbonyl (C=O) groups is 1. The Kier molecular flexibility index (Phi) is 7.48. The number of alkyl halides is 2. The van der Waals surface area contributed by atoms with Gasteiger partial charge in [-0.3, -0.25) is 19.7 Å². The first-order valence-corrected chi connectivity index (χ1v) is 11.8. The fourth-order valence-corrected chi connectivity index (χ4v) is 5.27. The Hall–Kier alpha value is -1.28. The van der Waals surface area contributed by atoms with Crippen LogP contribution >= 0.6 is 11.8 Å². The number of esters is 1. The predicted molar refractivity (Wildman–Crippen MR) is 114 cm³/mol. The molecule has 2 saturated heterocycles. The van der Waals surface area contributed by atoms with Crippen molar-refractivity contribution in [2.24, 2.45) is 27.7 Å². The van der Waals surface area contributed by atoms with Gasteiger partial charge in [-0.25, -0.2) is 0 Å². The topological polar surface area (TPSA) is 54.3 Å². The number of hydrogen-bond donors (Lipinski definition) is 0. The van der Waals surface area contributed by atoms with Gasteiger partial charge in [0.05, 0.1) is 18.2 Å². The average Bonchev–Trinajstić information content (AvgIpc) is 2.99. The van der Waals surface area contributed by atoms with E-state index < -0.39 is 5.92 Å². The van der Waals surface area contributed by atoms with Gasteiger partial charge >= 0.3 is 5.97 Å². The van der Waals surface area contributed by atoms with Crippen molar-refractivity contribution in [3.8, 4) is 0 Å². The Morgan fingerprint density at radius 3 is 2.72 bits per heavy atom. The largest absolute Gasteiger partial charge is 0.466 e. The van der Waals surface area contributed by atoms with Crippen molar-refractivity contribution < 1.29 is 18.3 Å². The van der Waals surface area contributed by atoms with Crippen molar-refractivity contribution in [2.75, 3.05) is 38.4 Å². The van der Waals surface area contributed by atoms with E-state index in [0.29, 0.717) is 60.9 Å². The van der Waals surface area contributed by atoms with Gasteiger partial charge in [-0.15, -0.1) is 11.8 Å². The summed E-state index contributed by atoms with van der Waals surface area (Å²) in [5, 5.41) is 0. The Morgan fingerprint density at radius 2 is 2.10 bits per heavy atom. The second-order valence-corrected chi connectivity index (χ2v) is 9.01. The minimum absolute atomic E-state index is 0.0938. The number of piperidine rings is 2. The normalized spacial score (nSPS) is 31.4. The van der Waals surface area contributed by atoms with Crippen molar-refractivity contribution >= 4 is 30.2 Å². The molecule has 8 heteroatoms. The highest BCUT2D eigenvalue weighted by molar-refractivity contribution is 7.98. The number of halogens is 2. The molecule has 4 rings (SSSR count). The molecule has 0 spiro atoms. The molecule has 2 bridgehead atoms. The molecule has 4 aliphatic rings. The maximum absolute atomic E-state index is 14.3. The van der Waals surface area contributed by atoms with E-state index in [1.165, 1.54) is 18.2 Å². The molecular formula is C21H31F2N3O2S. The molecule has 2 atom stereocenters. The summed E-state index contributed by atoms with van der Waals surface area (Å²) >= 11 is 1.43. The molecule has 162 valence electrons. The standard InChI is InChI=1S/C21H31F2N3O2S/c1-4-28-19(27)6-5-16-14-9-15(16)11-26(10-14)12-18(24-2)17-7-8-21(22,23)20(17)25-13-29-3/h14-16H,2,4-13H2,1,3H3/b18-17-,25-20?. The van der Waals surface area contributed by atoms with Crippen LogP contribution in [0.15, 0.2) is 21.3 Å². The number of aliphatic imine (C=N–C) groups is 2. The minimum Gasteiger partial charge on any atom is -0.466 e. The molecule has 2 aliphatic carbocycles. The van der Waals surface area contributed by atoms with Crippen LogP contribution in [0.1, 0.15) is 39.0 Å². The van der Waals surface area contributed by atoms with Crippen LogP contribution < -0.4 is 0 Å². The van der Waals surface area contributed by atoms with Gasteiger partial charge in [0.25, 0.3) is 5.92 Å². The molecule has 0 amide bonds. The van der Waals surface area contributed by atoms with Crippen LogP contribution in [-0.2, 0) is 9.53 Å². The van der Waals surface area contributed by atoms with Crippen molar-refractivity contribution in [1.82, 2.24) is 4.90 Å². The first kappa shape index (κ1) is 22.4. The van der Waals surface area contributed by atoms with Crippen molar-refractivity contribution in [2.45, 2.75) is 45.0 Å². The molecule has 0 aromatic carbocycles. The van der Waals surface area contributed by atoms with Crippen LogP contribution in [0.3, 0.4) is 0 Å². The number of carbonyl (C=O) groups excluding carboxylic acids is 1. The van der Waals surface area contributed by atoms with Crippen molar-refractivity contribution in [3.05, 3.63) is 11.3 Å². The van der Waals surface area contributed by atoms with E-state index in [2.05, 4.69) is 21.6 Å². The van der Waals surface area contributed by atoms with Gasteiger partial charge < -0.3 is 4.74 Å². The van der Waals surface area contributed by atoms with E-state index >= 15 is 0 Å². The van der Waals surface area contributed by atoms with Gasteiger partial charge in [0, 0.05) is 38.0 Å². The summed E-state index contributed by atoms with van der Waals surface area (Å²) in [7, 11) is 0. The third-order valence-corrected chi connectivity index (χ3v) is 6.76. The molecule has 5 nitrogen and oxygen atoms in total. The number of hydrogen-bond acceptors (Lipinski definition) is 6. The molecule has 2 heterocycles. The number of allylic oxidation sites excluding steroid dienone is 1. The molecule has 0 aromatic rings. The van der Waals surface area contributed by atoms with E-state index in [4.69, 9.17) is 4.74 Å². The lowest BCUT2D eigenvalue weighted by Gasteiger charge is -2.54. The molecule has 4 fully saturated rings. The smallest absolute Gasteiger partial charge is 0.305 e. The molecule has 29 heavy (non-hydrogen) atoms. The number of nitrogens with zero attached hydrogens (tertiary/aromatic N) is 3.